The Bertz CT molecular complexity index is 557. The van der Waals surface area contributed by atoms with E-state index in [1.165, 1.54) is 11.4 Å². The third-order valence-corrected chi connectivity index (χ3v) is 5.89. The summed E-state index contributed by atoms with van der Waals surface area (Å²) in [5.74, 6) is -1.10. The van der Waals surface area contributed by atoms with Crippen molar-refractivity contribution in [3.8, 4) is 0 Å². The van der Waals surface area contributed by atoms with E-state index in [9.17, 15) is 13.2 Å². The molecule has 2 N–H and O–H groups in total. The molecule has 0 unspecified atom stereocenters. The van der Waals surface area contributed by atoms with Gasteiger partial charge in [0.25, 0.3) is 0 Å². The number of thiophene rings is 1. The minimum absolute atomic E-state index is 0.0343. The Kier molecular flexibility index (Phi) is 3.48. The standard InChI is InChI=1S/C11H15NO4S2/c1-2-11(3-4-11)7-12-18(15,16)8-5-9(10(13)14)17-6-8/h5-6,12H,2-4,7H2,1H3,(H,13,14). The van der Waals surface area contributed by atoms with Gasteiger partial charge in [-0.15, -0.1) is 11.3 Å². The number of carboxylic acid groups (broad SMARTS) is 1. The van der Waals surface area contributed by atoms with Crippen molar-refractivity contribution in [3.05, 3.63) is 16.3 Å². The van der Waals surface area contributed by atoms with Crippen molar-refractivity contribution in [1.82, 2.24) is 4.72 Å². The molecule has 0 bridgehead atoms. The highest BCUT2D eigenvalue weighted by Crippen LogP contribution is 2.48. The van der Waals surface area contributed by atoms with Gasteiger partial charge in [0.15, 0.2) is 0 Å². The van der Waals surface area contributed by atoms with Crippen LogP contribution in [-0.2, 0) is 10.0 Å². The first-order chi connectivity index (χ1) is 8.38. The molecule has 0 spiro atoms. The average molecular weight is 289 g/mol. The molecule has 1 heterocycles. The van der Waals surface area contributed by atoms with Crippen LogP contribution in [0, 0.1) is 5.41 Å². The van der Waals surface area contributed by atoms with Crippen LogP contribution in [0.3, 0.4) is 0 Å². The highest BCUT2D eigenvalue weighted by Gasteiger charge is 2.41. The van der Waals surface area contributed by atoms with Crippen LogP contribution in [0.25, 0.3) is 0 Å². The maximum absolute atomic E-state index is 12.0. The molecule has 1 aromatic heterocycles. The van der Waals surface area contributed by atoms with Gasteiger partial charge in [-0.3, -0.25) is 0 Å². The predicted octanol–water partition coefficient (Wildman–Crippen LogP) is 1.91. The normalized spacial score (nSPS) is 17.6. The van der Waals surface area contributed by atoms with Crippen molar-refractivity contribution in [3.63, 3.8) is 0 Å². The molecule has 0 atom stereocenters. The summed E-state index contributed by atoms with van der Waals surface area (Å²) in [6, 6.07) is 1.20. The zero-order valence-corrected chi connectivity index (χ0v) is 11.6. The molecule has 1 aromatic rings. The van der Waals surface area contributed by atoms with Crippen molar-refractivity contribution in [2.75, 3.05) is 6.54 Å². The number of rotatable bonds is 6. The van der Waals surface area contributed by atoms with E-state index in [0.717, 1.165) is 30.6 Å². The van der Waals surface area contributed by atoms with Gasteiger partial charge < -0.3 is 5.11 Å². The fraction of sp³-hybridized carbons (Fsp3) is 0.545. The van der Waals surface area contributed by atoms with Crippen LogP contribution in [0.5, 0.6) is 0 Å². The van der Waals surface area contributed by atoms with E-state index in [2.05, 4.69) is 11.6 Å². The summed E-state index contributed by atoms with van der Waals surface area (Å²) in [7, 11) is -3.58. The fourth-order valence-electron chi connectivity index (χ4n) is 1.74. The van der Waals surface area contributed by atoms with Crippen LogP contribution < -0.4 is 4.72 Å². The maximum atomic E-state index is 12.0. The minimum Gasteiger partial charge on any atom is -0.477 e. The highest BCUT2D eigenvalue weighted by molar-refractivity contribution is 7.89. The second kappa shape index (κ2) is 4.64. The van der Waals surface area contributed by atoms with Crippen molar-refractivity contribution < 1.29 is 18.3 Å². The van der Waals surface area contributed by atoms with E-state index in [-0.39, 0.29) is 15.2 Å². The molecule has 0 saturated heterocycles. The summed E-state index contributed by atoms with van der Waals surface area (Å²) in [5, 5.41) is 10.1. The molecule has 7 heteroatoms. The zero-order chi connectivity index (χ0) is 13.4. The molecule has 0 aliphatic heterocycles. The van der Waals surface area contributed by atoms with Gasteiger partial charge in [0.05, 0.1) is 4.90 Å². The minimum atomic E-state index is -3.58. The third-order valence-electron chi connectivity index (χ3n) is 3.44. The van der Waals surface area contributed by atoms with Gasteiger partial charge in [-0.1, -0.05) is 6.92 Å². The number of sulfonamides is 1. The summed E-state index contributed by atoms with van der Waals surface area (Å²) in [6.45, 7) is 2.48. The Morgan fingerprint density at radius 3 is 2.67 bits per heavy atom. The smallest absolute Gasteiger partial charge is 0.345 e. The zero-order valence-electron chi connectivity index (χ0n) is 9.97. The second-order valence-electron chi connectivity index (χ2n) is 4.63. The number of carbonyl (C=O) groups is 1. The van der Waals surface area contributed by atoms with Crippen LogP contribution in [0.15, 0.2) is 16.3 Å². The molecule has 5 nitrogen and oxygen atoms in total. The summed E-state index contributed by atoms with van der Waals surface area (Å²) in [6.07, 6.45) is 3.06. The van der Waals surface area contributed by atoms with E-state index >= 15 is 0 Å². The van der Waals surface area contributed by atoms with Gasteiger partial charge in [0.2, 0.25) is 10.0 Å². The monoisotopic (exact) mass is 289 g/mol. The predicted molar refractivity (Wildman–Crippen MR) is 68.4 cm³/mol. The van der Waals surface area contributed by atoms with Crippen molar-refractivity contribution in [2.45, 2.75) is 31.1 Å². The average Bonchev–Trinajstić information content (AvgIpc) is 2.91. The maximum Gasteiger partial charge on any atom is 0.345 e. The first-order valence-corrected chi connectivity index (χ1v) is 8.06. The van der Waals surface area contributed by atoms with Gasteiger partial charge in [0.1, 0.15) is 4.88 Å². The van der Waals surface area contributed by atoms with Crippen molar-refractivity contribution in [2.24, 2.45) is 5.41 Å². The second-order valence-corrected chi connectivity index (χ2v) is 7.31. The molecular formula is C11H15NO4S2. The Hall–Kier alpha value is -0.920. The Labute approximate surface area is 110 Å². The summed E-state index contributed by atoms with van der Waals surface area (Å²) in [5.41, 5.74) is 0.124. The number of hydrogen-bond acceptors (Lipinski definition) is 4. The summed E-state index contributed by atoms with van der Waals surface area (Å²) < 4.78 is 26.5. The van der Waals surface area contributed by atoms with Gasteiger partial charge in [-0.2, -0.15) is 0 Å². The molecule has 1 saturated carbocycles. The lowest BCUT2D eigenvalue weighted by Gasteiger charge is -2.12. The lowest BCUT2D eigenvalue weighted by molar-refractivity contribution is 0.0702. The first-order valence-electron chi connectivity index (χ1n) is 5.70. The van der Waals surface area contributed by atoms with Crippen molar-refractivity contribution >= 4 is 27.3 Å². The lowest BCUT2D eigenvalue weighted by Crippen LogP contribution is -2.29. The van der Waals surface area contributed by atoms with E-state index in [4.69, 9.17) is 5.11 Å². The number of hydrogen-bond donors (Lipinski definition) is 2. The van der Waals surface area contributed by atoms with Gasteiger partial charge in [-0.05, 0) is 30.7 Å². The third kappa shape index (κ3) is 2.73. The Morgan fingerprint density at radius 2 is 2.22 bits per heavy atom. The molecular weight excluding hydrogens is 274 g/mol. The van der Waals surface area contributed by atoms with E-state index < -0.39 is 16.0 Å². The van der Waals surface area contributed by atoms with E-state index in [0.29, 0.717) is 6.54 Å². The summed E-state index contributed by atoms with van der Waals surface area (Å²) >= 11 is 0.921. The summed E-state index contributed by atoms with van der Waals surface area (Å²) in [4.78, 5) is 10.8. The van der Waals surface area contributed by atoms with E-state index in [1.807, 2.05) is 0 Å². The molecule has 0 radical (unpaired) electrons. The molecule has 1 aliphatic carbocycles. The number of carboxylic acids is 1. The highest BCUT2D eigenvalue weighted by atomic mass is 32.2. The molecule has 100 valence electrons. The van der Waals surface area contributed by atoms with Crippen LogP contribution in [-0.4, -0.2) is 26.0 Å². The van der Waals surface area contributed by atoms with Crippen LogP contribution >= 0.6 is 11.3 Å². The Morgan fingerprint density at radius 1 is 1.56 bits per heavy atom. The topological polar surface area (TPSA) is 83.5 Å². The molecule has 1 fully saturated rings. The molecule has 2 rings (SSSR count). The SMILES string of the molecule is CCC1(CNS(=O)(=O)c2csc(C(=O)O)c2)CC1. The van der Waals surface area contributed by atoms with Gasteiger partial charge in [0, 0.05) is 11.9 Å². The van der Waals surface area contributed by atoms with Gasteiger partial charge >= 0.3 is 5.97 Å². The molecule has 0 amide bonds. The van der Waals surface area contributed by atoms with E-state index in [1.54, 1.807) is 0 Å². The fourth-order valence-corrected chi connectivity index (χ4v) is 4.00. The van der Waals surface area contributed by atoms with Crippen molar-refractivity contribution in [1.29, 1.82) is 0 Å². The first kappa shape index (κ1) is 13.5. The van der Waals surface area contributed by atoms with Gasteiger partial charge in [-0.25, -0.2) is 17.9 Å². The lowest BCUT2D eigenvalue weighted by atomic mass is 10.1. The van der Waals surface area contributed by atoms with Crippen LogP contribution in [0.1, 0.15) is 35.9 Å². The molecule has 18 heavy (non-hydrogen) atoms. The molecule has 0 aromatic carbocycles. The quantitative estimate of drug-likeness (QED) is 0.838. The van der Waals surface area contributed by atoms with Crippen LogP contribution in [0.2, 0.25) is 0 Å². The Balaban J connectivity index is 2.08. The number of aromatic carboxylic acids is 1. The van der Waals surface area contributed by atoms with Crippen LogP contribution in [0.4, 0.5) is 0 Å². The largest absolute Gasteiger partial charge is 0.477 e. The number of nitrogens with one attached hydrogen (secondary N) is 1. The molecule has 1 aliphatic rings.